The quantitative estimate of drug-likeness (QED) is 0.570. The Kier molecular flexibility index (Phi) is 8.15. The van der Waals surface area contributed by atoms with Gasteiger partial charge in [-0.1, -0.05) is 12.1 Å². The molecule has 0 aliphatic carbocycles. The fourth-order valence-electron chi connectivity index (χ4n) is 3.44. The predicted molar refractivity (Wildman–Crippen MR) is 105 cm³/mol. The molecule has 0 aliphatic heterocycles. The molecule has 0 aliphatic rings. The van der Waals surface area contributed by atoms with E-state index >= 15 is 0 Å². The number of benzene rings is 2. The number of ether oxygens (including phenoxy) is 2. The number of hydrogen-bond donors (Lipinski definition) is 2. The van der Waals surface area contributed by atoms with Gasteiger partial charge in [-0.25, -0.2) is 8.78 Å². The lowest BCUT2D eigenvalue weighted by molar-refractivity contribution is -0.145. The minimum absolute atomic E-state index is 0.000823. The van der Waals surface area contributed by atoms with E-state index in [0.717, 1.165) is 0 Å². The van der Waals surface area contributed by atoms with Gasteiger partial charge in [-0.15, -0.1) is 0 Å². The molecule has 0 spiro atoms. The van der Waals surface area contributed by atoms with Crippen LogP contribution in [0.3, 0.4) is 0 Å². The summed E-state index contributed by atoms with van der Waals surface area (Å²) in [6.45, 7) is 0. The second-order valence-corrected chi connectivity index (χ2v) is 6.98. The van der Waals surface area contributed by atoms with Crippen LogP contribution >= 0.6 is 0 Å². The zero-order valence-corrected chi connectivity index (χ0v) is 16.7. The highest BCUT2D eigenvalue weighted by Crippen LogP contribution is 2.29. The van der Waals surface area contributed by atoms with Crippen molar-refractivity contribution in [3.63, 3.8) is 0 Å². The van der Waals surface area contributed by atoms with Crippen LogP contribution in [0.5, 0.6) is 11.5 Å². The summed E-state index contributed by atoms with van der Waals surface area (Å²) < 4.78 is 37.8. The van der Waals surface area contributed by atoms with Gasteiger partial charge in [-0.3, -0.25) is 9.59 Å². The van der Waals surface area contributed by atoms with Crippen LogP contribution in [0, 0.1) is 23.5 Å². The predicted octanol–water partition coefficient (Wildman–Crippen LogP) is 3.95. The first-order valence-electron chi connectivity index (χ1n) is 9.34. The molecule has 8 heteroatoms. The molecule has 0 unspecified atom stereocenters. The number of carbonyl (C=O) groups is 2. The molecule has 0 amide bonds. The molecule has 0 radical (unpaired) electrons. The minimum Gasteiger partial charge on any atom is -0.494 e. The third-order valence-electron chi connectivity index (χ3n) is 5.00. The summed E-state index contributed by atoms with van der Waals surface area (Å²) in [5.74, 6) is -4.87. The Hall–Kier alpha value is -3.16. The summed E-state index contributed by atoms with van der Waals surface area (Å²) in [5, 5.41) is 18.9. The Morgan fingerprint density at radius 3 is 1.80 bits per heavy atom. The second-order valence-electron chi connectivity index (χ2n) is 6.98. The van der Waals surface area contributed by atoms with Crippen molar-refractivity contribution < 1.29 is 38.1 Å². The van der Waals surface area contributed by atoms with Crippen molar-refractivity contribution in [1.82, 2.24) is 0 Å². The second kappa shape index (κ2) is 10.6. The molecule has 0 saturated carbocycles. The van der Waals surface area contributed by atoms with Crippen molar-refractivity contribution in [2.75, 3.05) is 14.2 Å². The van der Waals surface area contributed by atoms with Crippen molar-refractivity contribution in [3.8, 4) is 11.5 Å². The van der Waals surface area contributed by atoms with Crippen LogP contribution in [0.4, 0.5) is 8.78 Å². The SMILES string of the molecule is COc1ccc(C[C@@H](CCC(=O)O)[C@@H](Cc2ccc(OC)c(F)c2)C(=O)O)cc1F. The van der Waals surface area contributed by atoms with Gasteiger partial charge in [0.2, 0.25) is 0 Å². The maximum atomic E-state index is 14.0. The van der Waals surface area contributed by atoms with Gasteiger partial charge in [0.1, 0.15) is 0 Å². The van der Waals surface area contributed by atoms with Crippen LogP contribution in [-0.2, 0) is 22.4 Å². The highest BCUT2D eigenvalue weighted by molar-refractivity contribution is 5.71. The summed E-state index contributed by atoms with van der Waals surface area (Å²) >= 11 is 0. The van der Waals surface area contributed by atoms with Gasteiger partial charge in [-0.2, -0.15) is 0 Å². The molecule has 2 N–H and O–H groups in total. The third-order valence-corrected chi connectivity index (χ3v) is 5.00. The van der Waals surface area contributed by atoms with Crippen LogP contribution in [0.25, 0.3) is 0 Å². The molecule has 162 valence electrons. The Bertz CT molecular complexity index is 899. The van der Waals surface area contributed by atoms with Crippen LogP contribution in [0.15, 0.2) is 36.4 Å². The molecular weight excluding hydrogens is 398 g/mol. The first kappa shape index (κ1) is 23.1. The highest BCUT2D eigenvalue weighted by atomic mass is 19.1. The average Bonchev–Trinajstić information content (AvgIpc) is 2.69. The van der Waals surface area contributed by atoms with E-state index in [0.29, 0.717) is 11.1 Å². The van der Waals surface area contributed by atoms with Crippen molar-refractivity contribution in [3.05, 3.63) is 59.2 Å². The third kappa shape index (κ3) is 6.17. The Morgan fingerprint density at radius 1 is 0.900 bits per heavy atom. The van der Waals surface area contributed by atoms with Gasteiger partial charge in [0.05, 0.1) is 20.1 Å². The maximum absolute atomic E-state index is 14.0. The summed E-state index contributed by atoms with van der Waals surface area (Å²) in [6, 6.07) is 8.48. The molecule has 0 fully saturated rings. The van der Waals surface area contributed by atoms with Gasteiger partial charge >= 0.3 is 11.9 Å². The van der Waals surface area contributed by atoms with Crippen LogP contribution < -0.4 is 9.47 Å². The lowest BCUT2D eigenvalue weighted by Gasteiger charge is -2.24. The summed E-state index contributed by atoms with van der Waals surface area (Å²) in [6.07, 6.45) is 0.00557. The zero-order valence-electron chi connectivity index (χ0n) is 16.7. The fraction of sp³-hybridized carbons (Fsp3) is 0.364. The molecule has 0 saturated heterocycles. The van der Waals surface area contributed by atoms with Gasteiger partial charge in [0.15, 0.2) is 23.1 Å². The summed E-state index contributed by atoms with van der Waals surface area (Å²) in [5.41, 5.74) is 0.970. The monoisotopic (exact) mass is 422 g/mol. The topological polar surface area (TPSA) is 93.1 Å². The van der Waals surface area contributed by atoms with E-state index in [1.807, 2.05) is 0 Å². The van der Waals surface area contributed by atoms with E-state index in [-0.39, 0.29) is 37.2 Å². The molecule has 2 atom stereocenters. The zero-order chi connectivity index (χ0) is 22.3. The number of halogens is 2. The Morgan fingerprint density at radius 2 is 1.40 bits per heavy atom. The van der Waals surface area contributed by atoms with E-state index in [2.05, 4.69) is 0 Å². The first-order chi connectivity index (χ1) is 14.2. The Balaban J connectivity index is 2.30. The largest absolute Gasteiger partial charge is 0.494 e. The van der Waals surface area contributed by atoms with Gasteiger partial charge in [-0.05, 0) is 60.6 Å². The van der Waals surface area contributed by atoms with Gasteiger partial charge < -0.3 is 19.7 Å². The van der Waals surface area contributed by atoms with Crippen molar-refractivity contribution in [2.45, 2.75) is 25.7 Å². The molecule has 6 nitrogen and oxygen atoms in total. The smallest absolute Gasteiger partial charge is 0.307 e. The molecule has 0 heterocycles. The molecule has 0 bridgehead atoms. The number of carboxylic acid groups (broad SMARTS) is 2. The molecule has 2 aromatic carbocycles. The fourth-order valence-corrected chi connectivity index (χ4v) is 3.44. The van der Waals surface area contributed by atoms with E-state index in [9.17, 15) is 23.5 Å². The first-order valence-corrected chi connectivity index (χ1v) is 9.34. The van der Waals surface area contributed by atoms with Crippen LogP contribution in [0.2, 0.25) is 0 Å². The number of carboxylic acids is 2. The molecular formula is C22H24F2O6. The maximum Gasteiger partial charge on any atom is 0.307 e. The highest BCUT2D eigenvalue weighted by Gasteiger charge is 2.29. The van der Waals surface area contributed by atoms with E-state index in [4.69, 9.17) is 14.6 Å². The van der Waals surface area contributed by atoms with E-state index < -0.39 is 35.4 Å². The average molecular weight is 422 g/mol. The number of aliphatic carboxylic acids is 2. The standard InChI is InChI=1S/C22H24F2O6/c1-29-19-6-3-13(11-17(19)23)9-15(5-8-21(25)26)16(22(27)28)10-14-4-7-20(30-2)18(24)12-14/h3-4,6-7,11-12,15-16H,5,8-10H2,1-2H3,(H,25,26)(H,27,28)/t15-,16-/m1/s1. The normalized spacial score (nSPS) is 12.8. The van der Waals surface area contributed by atoms with Gasteiger partial charge in [0, 0.05) is 6.42 Å². The molecule has 2 rings (SSSR count). The van der Waals surface area contributed by atoms with E-state index in [1.165, 1.54) is 38.5 Å². The number of methoxy groups -OCH3 is 2. The Labute approximate surface area is 173 Å². The van der Waals surface area contributed by atoms with Crippen LogP contribution in [-0.4, -0.2) is 36.4 Å². The summed E-state index contributed by atoms with van der Waals surface area (Å²) in [7, 11) is 2.66. The number of hydrogen-bond acceptors (Lipinski definition) is 4. The lowest BCUT2D eigenvalue weighted by atomic mass is 9.80. The van der Waals surface area contributed by atoms with Crippen molar-refractivity contribution >= 4 is 11.9 Å². The number of rotatable bonds is 11. The summed E-state index contributed by atoms with van der Waals surface area (Å²) in [4.78, 5) is 23.1. The van der Waals surface area contributed by atoms with E-state index in [1.54, 1.807) is 12.1 Å². The minimum atomic E-state index is -1.13. The lowest BCUT2D eigenvalue weighted by Crippen LogP contribution is -2.28. The molecule has 30 heavy (non-hydrogen) atoms. The molecule has 0 aromatic heterocycles. The van der Waals surface area contributed by atoms with Gasteiger partial charge in [0.25, 0.3) is 0 Å². The van der Waals surface area contributed by atoms with Crippen molar-refractivity contribution in [2.24, 2.45) is 11.8 Å². The molecule has 2 aromatic rings. The van der Waals surface area contributed by atoms with Crippen LogP contribution in [0.1, 0.15) is 24.0 Å². The van der Waals surface area contributed by atoms with Crippen molar-refractivity contribution in [1.29, 1.82) is 0 Å².